The minimum absolute atomic E-state index is 0.431. The summed E-state index contributed by atoms with van der Waals surface area (Å²) in [4.78, 5) is 4.49. The molecule has 1 aliphatic rings. The van der Waals surface area contributed by atoms with Crippen molar-refractivity contribution in [2.24, 2.45) is 0 Å². The van der Waals surface area contributed by atoms with Crippen LogP contribution in [0.5, 0.6) is 0 Å². The zero-order chi connectivity index (χ0) is 13.8. The zero-order valence-electron chi connectivity index (χ0n) is 11.9. The second kappa shape index (κ2) is 6.09. The van der Waals surface area contributed by atoms with Crippen LogP contribution in [0.25, 0.3) is 11.4 Å². The molecule has 20 heavy (non-hydrogen) atoms. The number of nitrogens with one attached hydrogen (secondary N) is 1. The van der Waals surface area contributed by atoms with Crippen molar-refractivity contribution in [3.8, 4) is 11.4 Å². The Morgan fingerprint density at radius 2 is 2.40 bits per heavy atom. The fraction of sp³-hybridized carbons (Fsp3) is 0.438. The molecule has 2 aromatic rings. The van der Waals surface area contributed by atoms with Gasteiger partial charge in [0.05, 0.1) is 12.6 Å². The minimum Gasteiger partial charge on any atom is -0.380 e. The second-order valence-corrected chi connectivity index (χ2v) is 5.23. The summed E-state index contributed by atoms with van der Waals surface area (Å²) in [6, 6.07) is 8.91. The third-order valence-electron chi connectivity index (χ3n) is 3.60. The van der Waals surface area contributed by atoms with Gasteiger partial charge in [-0.05, 0) is 25.0 Å². The molecule has 4 nitrogen and oxygen atoms in total. The highest BCUT2D eigenvalue weighted by Crippen LogP contribution is 2.23. The molecular formula is C16H21N3O. The molecule has 2 heterocycles. The number of benzene rings is 1. The standard InChI is InChI=1S/C16H21N3O/c1-2-8-19-9-7-17-16(19)13-4-3-5-14(11-13)18-15-6-10-20-12-15/h3-5,7,9,11,15,18H,2,6,8,10,12H2,1H3. The van der Waals surface area contributed by atoms with Gasteiger partial charge in [0.1, 0.15) is 5.82 Å². The fourth-order valence-electron chi connectivity index (χ4n) is 2.62. The molecule has 1 fully saturated rings. The molecule has 3 rings (SSSR count). The van der Waals surface area contributed by atoms with Crippen LogP contribution in [0.1, 0.15) is 19.8 Å². The highest BCUT2D eigenvalue weighted by Gasteiger charge is 2.15. The van der Waals surface area contributed by atoms with Crippen molar-refractivity contribution >= 4 is 5.69 Å². The van der Waals surface area contributed by atoms with E-state index in [9.17, 15) is 0 Å². The minimum atomic E-state index is 0.431. The van der Waals surface area contributed by atoms with E-state index in [-0.39, 0.29) is 0 Å². The average molecular weight is 271 g/mol. The van der Waals surface area contributed by atoms with Crippen LogP contribution in [0, 0.1) is 0 Å². The Balaban J connectivity index is 1.81. The van der Waals surface area contributed by atoms with Crippen molar-refractivity contribution in [1.82, 2.24) is 9.55 Å². The molecule has 0 amide bonds. The predicted octanol–water partition coefficient (Wildman–Crippen LogP) is 3.16. The van der Waals surface area contributed by atoms with Crippen LogP contribution < -0.4 is 5.32 Å². The fourth-order valence-corrected chi connectivity index (χ4v) is 2.62. The first-order valence-corrected chi connectivity index (χ1v) is 7.32. The lowest BCUT2D eigenvalue weighted by Gasteiger charge is -2.13. The van der Waals surface area contributed by atoms with Crippen LogP contribution in [-0.2, 0) is 11.3 Å². The van der Waals surface area contributed by atoms with Gasteiger partial charge in [-0.25, -0.2) is 4.98 Å². The maximum atomic E-state index is 5.40. The van der Waals surface area contributed by atoms with Crippen molar-refractivity contribution in [2.75, 3.05) is 18.5 Å². The van der Waals surface area contributed by atoms with Crippen LogP contribution in [0.3, 0.4) is 0 Å². The lowest BCUT2D eigenvalue weighted by atomic mass is 10.1. The number of aromatic nitrogens is 2. The number of imidazole rings is 1. The van der Waals surface area contributed by atoms with Crippen molar-refractivity contribution < 1.29 is 4.74 Å². The van der Waals surface area contributed by atoms with Crippen LogP contribution in [0.4, 0.5) is 5.69 Å². The van der Waals surface area contributed by atoms with Crippen LogP contribution in [0.15, 0.2) is 36.7 Å². The first-order chi connectivity index (χ1) is 9.86. The van der Waals surface area contributed by atoms with E-state index in [2.05, 4.69) is 46.1 Å². The summed E-state index contributed by atoms with van der Waals surface area (Å²) in [5.74, 6) is 1.04. The van der Waals surface area contributed by atoms with Crippen LogP contribution in [0.2, 0.25) is 0 Å². The molecule has 4 heteroatoms. The molecule has 1 saturated heterocycles. The van der Waals surface area contributed by atoms with E-state index in [4.69, 9.17) is 4.74 Å². The summed E-state index contributed by atoms with van der Waals surface area (Å²) in [6.07, 6.45) is 6.11. The molecule has 106 valence electrons. The summed E-state index contributed by atoms with van der Waals surface area (Å²) in [5, 5.41) is 3.53. The summed E-state index contributed by atoms with van der Waals surface area (Å²) in [5.41, 5.74) is 2.30. The van der Waals surface area contributed by atoms with Crippen LogP contribution >= 0.6 is 0 Å². The predicted molar refractivity (Wildman–Crippen MR) is 80.8 cm³/mol. The van der Waals surface area contributed by atoms with Gasteiger partial charge in [0.25, 0.3) is 0 Å². The second-order valence-electron chi connectivity index (χ2n) is 5.23. The van der Waals surface area contributed by atoms with E-state index in [0.29, 0.717) is 6.04 Å². The molecule has 0 radical (unpaired) electrons. The van der Waals surface area contributed by atoms with Crippen molar-refractivity contribution in [3.63, 3.8) is 0 Å². The average Bonchev–Trinajstić information content (AvgIpc) is 3.11. The van der Waals surface area contributed by atoms with Gasteiger partial charge in [-0.1, -0.05) is 19.1 Å². The number of rotatable bonds is 5. The van der Waals surface area contributed by atoms with Crippen molar-refractivity contribution in [2.45, 2.75) is 32.4 Å². The Hall–Kier alpha value is -1.81. The van der Waals surface area contributed by atoms with Gasteiger partial charge >= 0.3 is 0 Å². The number of nitrogens with zero attached hydrogens (tertiary/aromatic N) is 2. The number of ether oxygens (including phenoxy) is 1. The molecule has 1 N–H and O–H groups in total. The summed E-state index contributed by atoms with van der Waals surface area (Å²) >= 11 is 0. The summed E-state index contributed by atoms with van der Waals surface area (Å²) in [6.45, 7) is 4.85. The van der Waals surface area contributed by atoms with Gasteiger partial charge < -0.3 is 14.6 Å². The van der Waals surface area contributed by atoms with E-state index >= 15 is 0 Å². The number of aryl methyl sites for hydroxylation is 1. The molecule has 0 aliphatic carbocycles. The molecule has 0 saturated carbocycles. The highest BCUT2D eigenvalue weighted by atomic mass is 16.5. The van der Waals surface area contributed by atoms with E-state index in [1.165, 1.54) is 0 Å². The Morgan fingerprint density at radius 3 is 3.20 bits per heavy atom. The van der Waals surface area contributed by atoms with E-state index in [0.717, 1.165) is 49.7 Å². The maximum Gasteiger partial charge on any atom is 0.139 e. The number of hydrogen-bond acceptors (Lipinski definition) is 3. The normalized spacial score (nSPS) is 18.4. The topological polar surface area (TPSA) is 39.1 Å². The molecule has 1 aromatic carbocycles. The smallest absolute Gasteiger partial charge is 0.139 e. The third kappa shape index (κ3) is 2.85. The molecule has 0 spiro atoms. The molecular weight excluding hydrogens is 250 g/mol. The molecule has 0 bridgehead atoms. The van der Waals surface area contributed by atoms with Gasteiger partial charge in [0, 0.05) is 36.8 Å². The maximum absolute atomic E-state index is 5.40. The van der Waals surface area contributed by atoms with E-state index in [1.807, 2.05) is 12.4 Å². The van der Waals surface area contributed by atoms with Crippen molar-refractivity contribution in [1.29, 1.82) is 0 Å². The zero-order valence-corrected chi connectivity index (χ0v) is 11.9. The first-order valence-electron chi connectivity index (χ1n) is 7.32. The number of hydrogen-bond donors (Lipinski definition) is 1. The van der Waals surface area contributed by atoms with E-state index < -0.39 is 0 Å². The Morgan fingerprint density at radius 1 is 1.45 bits per heavy atom. The quantitative estimate of drug-likeness (QED) is 0.908. The summed E-state index contributed by atoms with van der Waals surface area (Å²) < 4.78 is 7.61. The third-order valence-corrected chi connectivity index (χ3v) is 3.60. The number of anilines is 1. The Kier molecular flexibility index (Phi) is 4.02. The van der Waals surface area contributed by atoms with Crippen LogP contribution in [-0.4, -0.2) is 28.8 Å². The highest BCUT2D eigenvalue weighted by molar-refractivity contribution is 5.63. The SMILES string of the molecule is CCCn1ccnc1-c1cccc(NC2CCOC2)c1. The van der Waals surface area contributed by atoms with Gasteiger partial charge in [0.2, 0.25) is 0 Å². The van der Waals surface area contributed by atoms with Gasteiger partial charge in [-0.15, -0.1) is 0 Å². The Labute approximate surface area is 119 Å². The van der Waals surface area contributed by atoms with Crippen molar-refractivity contribution in [3.05, 3.63) is 36.7 Å². The lowest BCUT2D eigenvalue weighted by Crippen LogP contribution is -2.18. The van der Waals surface area contributed by atoms with Gasteiger partial charge in [-0.2, -0.15) is 0 Å². The Bertz CT molecular complexity index is 558. The lowest BCUT2D eigenvalue weighted by molar-refractivity contribution is 0.195. The molecule has 1 unspecified atom stereocenters. The molecule has 1 aliphatic heterocycles. The first kappa shape index (κ1) is 13.2. The summed E-state index contributed by atoms with van der Waals surface area (Å²) in [7, 11) is 0. The van der Waals surface area contributed by atoms with Gasteiger partial charge in [0.15, 0.2) is 0 Å². The molecule has 1 aromatic heterocycles. The monoisotopic (exact) mass is 271 g/mol. The largest absolute Gasteiger partial charge is 0.380 e. The van der Waals surface area contributed by atoms with E-state index in [1.54, 1.807) is 0 Å². The van der Waals surface area contributed by atoms with Gasteiger partial charge in [-0.3, -0.25) is 0 Å². The molecule has 1 atom stereocenters.